The number of carboxylic acid groups (broad SMARTS) is 1. The third-order valence-corrected chi connectivity index (χ3v) is 10.6. The molecule has 1 aliphatic heterocycles. The molecule has 1 aliphatic rings. The molecule has 3 rings (SSSR count). The van der Waals surface area contributed by atoms with Crippen LogP contribution in [0.15, 0.2) is 48.5 Å². The Hall–Kier alpha value is -1.60. The normalized spacial score (nSPS) is 19.1. The minimum Gasteiger partial charge on any atom is -0.492 e. The van der Waals surface area contributed by atoms with Crippen LogP contribution in [0.3, 0.4) is 0 Å². The lowest BCUT2D eigenvalue weighted by atomic mass is 10.1. The van der Waals surface area contributed by atoms with Gasteiger partial charge in [0.05, 0.1) is 18.1 Å². The van der Waals surface area contributed by atoms with E-state index in [9.17, 15) is 9.69 Å². The van der Waals surface area contributed by atoms with Gasteiger partial charge in [-0.25, -0.2) is 4.79 Å². The summed E-state index contributed by atoms with van der Waals surface area (Å²) in [7, 11) is 0. The molecule has 2 aromatic rings. The van der Waals surface area contributed by atoms with Crippen LogP contribution in [0.5, 0.6) is 11.5 Å². The van der Waals surface area contributed by atoms with Gasteiger partial charge in [0.2, 0.25) is 0 Å². The first-order valence-electron chi connectivity index (χ1n) is 7.91. The molecule has 0 aliphatic carbocycles. The molecule has 0 saturated heterocycles. The van der Waals surface area contributed by atoms with Crippen LogP contribution >= 0.6 is 28.9 Å². The second-order valence-electron chi connectivity index (χ2n) is 5.43. The van der Waals surface area contributed by atoms with Gasteiger partial charge >= 0.3 is 12.2 Å². The summed E-state index contributed by atoms with van der Waals surface area (Å²) in [5.41, 5.74) is 2.24. The molecule has 0 saturated carbocycles. The van der Waals surface area contributed by atoms with Crippen LogP contribution in [0.4, 0.5) is 4.79 Å². The zero-order chi connectivity index (χ0) is 18.4. The van der Waals surface area contributed by atoms with E-state index >= 15 is 0 Å². The highest BCUT2D eigenvalue weighted by Gasteiger charge is 2.45. The van der Waals surface area contributed by atoms with E-state index in [-0.39, 0.29) is 13.2 Å². The number of fused-ring (bicyclic) bond motifs is 1. The van der Waals surface area contributed by atoms with E-state index < -0.39 is 12.2 Å². The number of rotatable bonds is 6. The van der Waals surface area contributed by atoms with Gasteiger partial charge in [-0.3, -0.25) is 4.52 Å². The van der Waals surface area contributed by atoms with Crippen molar-refractivity contribution in [1.82, 2.24) is 5.32 Å². The van der Waals surface area contributed by atoms with Gasteiger partial charge in [0.25, 0.3) is 0 Å². The molecular weight excluding hydrogens is 393 g/mol. The number of para-hydroxylation sites is 1. The molecule has 26 heavy (non-hydrogen) atoms. The smallest absolute Gasteiger partial charge is 0.439 e. The number of nitrogens with one attached hydrogen (secondary N) is 1. The fourth-order valence-electron chi connectivity index (χ4n) is 2.30. The number of carbonyl (C=O) groups is 1. The molecule has 1 atom stereocenters. The van der Waals surface area contributed by atoms with Crippen molar-refractivity contribution in [3.05, 3.63) is 59.7 Å². The maximum atomic E-state index is 10.9. The first-order chi connectivity index (χ1) is 12.5. The lowest BCUT2D eigenvalue weighted by Crippen LogP contribution is -2.26. The maximum absolute atomic E-state index is 10.9. The number of amides is 1. The van der Waals surface area contributed by atoms with Crippen molar-refractivity contribution in [2.75, 3.05) is 13.2 Å². The zero-order valence-electron chi connectivity index (χ0n) is 13.8. The predicted molar refractivity (Wildman–Crippen MR) is 107 cm³/mol. The Morgan fingerprint density at radius 3 is 2.54 bits per heavy atom. The predicted octanol–water partition coefficient (Wildman–Crippen LogP) is 4.56. The van der Waals surface area contributed by atoms with Gasteiger partial charge < -0.3 is 15.2 Å². The Morgan fingerprint density at radius 2 is 1.81 bits per heavy atom. The Morgan fingerprint density at radius 1 is 1.08 bits per heavy atom. The summed E-state index contributed by atoms with van der Waals surface area (Å²) >= 11 is 2.87. The first kappa shape index (κ1) is 19.2. The summed E-state index contributed by atoms with van der Waals surface area (Å²) in [5, 5.41) is 10.8. The second kappa shape index (κ2) is 8.86. The van der Waals surface area contributed by atoms with Crippen LogP contribution in [0.2, 0.25) is 0 Å². The molecule has 9 heteroatoms. The SMILES string of the molecule is O=C(O)NCCOc1ccc2c(c1)CS[P+](O)(Oc1ccccc1)SC2. The molecule has 0 fully saturated rings. The van der Waals surface area contributed by atoms with Crippen molar-refractivity contribution in [2.45, 2.75) is 11.5 Å². The van der Waals surface area contributed by atoms with E-state index in [1.54, 1.807) is 0 Å². The molecule has 1 unspecified atom stereocenters. The Labute approximate surface area is 160 Å². The summed E-state index contributed by atoms with van der Waals surface area (Å²) < 4.78 is 11.5. The lowest BCUT2D eigenvalue weighted by molar-refractivity contribution is 0.191. The molecule has 3 N–H and O–H groups in total. The maximum Gasteiger partial charge on any atom is 0.439 e. The quantitative estimate of drug-likeness (QED) is 0.473. The van der Waals surface area contributed by atoms with Crippen molar-refractivity contribution in [3.8, 4) is 11.5 Å². The summed E-state index contributed by atoms with van der Waals surface area (Å²) in [6.45, 7) is 0.494. The summed E-state index contributed by atoms with van der Waals surface area (Å²) in [6, 6.07) is 15.2. The number of ether oxygens (including phenoxy) is 1. The van der Waals surface area contributed by atoms with Crippen LogP contribution in [-0.2, 0) is 11.5 Å². The van der Waals surface area contributed by atoms with Gasteiger partial charge in [0, 0.05) is 0 Å². The van der Waals surface area contributed by atoms with E-state index in [4.69, 9.17) is 14.4 Å². The minimum absolute atomic E-state index is 0.229. The summed E-state index contributed by atoms with van der Waals surface area (Å²) in [4.78, 5) is 21.3. The van der Waals surface area contributed by atoms with Crippen LogP contribution in [0.25, 0.3) is 0 Å². The molecule has 2 aromatic carbocycles. The van der Waals surface area contributed by atoms with Gasteiger partial charge in [0.15, 0.2) is 5.75 Å². The lowest BCUT2D eigenvalue weighted by Gasteiger charge is -2.13. The molecular formula is C17H19NO5PS2+. The van der Waals surface area contributed by atoms with Crippen LogP contribution in [0, 0.1) is 0 Å². The number of benzene rings is 2. The standard InChI is InChI=1S/C17H18NO5PS2/c19-17(20)18-8-9-22-16-7-6-13-11-25-24(21,26-12-14(13)10-16)23-15-4-2-1-3-5-15/h1-7,10,18,21H,8-9,11-12H2/p+1. The van der Waals surface area contributed by atoms with Crippen molar-refractivity contribution < 1.29 is 24.1 Å². The molecule has 0 radical (unpaired) electrons. The fourth-order valence-corrected chi connectivity index (χ4v) is 8.51. The van der Waals surface area contributed by atoms with Crippen LogP contribution < -0.4 is 14.6 Å². The van der Waals surface area contributed by atoms with Gasteiger partial charge in [0.1, 0.15) is 35.1 Å². The number of hydrogen-bond donors (Lipinski definition) is 3. The average molecular weight is 412 g/mol. The van der Waals surface area contributed by atoms with E-state index in [2.05, 4.69) is 5.32 Å². The highest BCUT2D eigenvalue weighted by Crippen LogP contribution is 2.78. The Bertz CT molecular complexity index is 764. The van der Waals surface area contributed by atoms with E-state index in [0.29, 0.717) is 23.0 Å². The average Bonchev–Trinajstić information content (AvgIpc) is 2.79. The van der Waals surface area contributed by atoms with Gasteiger partial charge in [-0.15, -0.1) is 0 Å². The van der Waals surface area contributed by atoms with Gasteiger partial charge in [-0.2, -0.15) is 4.89 Å². The van der Waals surface area contributed by atoms with Crippen LogP contribution in [-0.4, -0.2) is 29.2 Å². The van der Waals surface area contributed by atoms with E-state index in [1.165, 1.54) is 22.8 Å². The molecule has 0 spiro atoms. The third-order valence-electron chi connectivity index (χ3n) is 3.56. The monoisotopic (exact) mass is 412 g/mol. The molecule has 1 heterocycles. The molecule has 138 valence electrons. The second-order valence-corrected chi connectivity index (χ2v) is 12.9. The Balaban J connectivity index is 1.61. The van der Waals surface area contributed by atoms with E-state index in [0.717, 1.165) is 11.1 Å². The van der Waals surface area contributed by atoms with Gasteiger partial charge in [-0.1, -0.05) is 24.3 Å². The molecule has 0 bridgehead atoms. The minimum atomic E-state index is -2.65. The first-order valence-corrected chi connectivity index (χ1v) is 12.8. The summed E-state index contributed by atoms with van der Waals surface area (Å²) in [6.07, 6.45) is -3.71. The van der Waals surface area contributed by atoms with Crippen molar-refractivity contribution in [1.29, 1.82) is 0 Å². The fraction of sp³-hybridized carbons (Fsp3) is 0.235. The summed E-state index contributed by atoms with van der Waals surface area (Å²) in [5.74, 6) is 2.66. The highest BCUT2D eigenvalue weighted by atomic mass is 33.1. The topological polar surface area (TPSA) is 88.0 Å². The van der Waals surface area contributed by atoms with E-state index in [1.807, 2.05) is 48.5 Å². The Kier molecular flexibility index (Phi) is 6.53. The molecule has 6 nitrogen and oxygen atoms in total. The molecule has 1 amide bonds. The molecule has 0 aromatic heterocycles. The van der Waals surface area contributed by atoms with Crippen LogP contribution in [0.1, 0.15) is 11.1 Å². The largest absolute Gasteiger partial charge is 0.492 e. The van der Waals surface area contributed by atoms with Crippen molar-refractivity contribution in [2.24, 2.45) is 0 Å². The third kappa shape index (κ3) is 5.45. The van der Waals surface area contributed by atoms with Crippen molar-refractivity contribution >= 4 is 35.0 Å². The van der Waals surface area contributed by atoms with Crippen molar-refractivity contribution in [3.63, 3.8) is 0 Å². The number of hydrogen-bond acceptors (Lipinski definition) is 6. The van der Waals surface area contributed by atoms with Gasteiger partial charge in [-0.05, 0) is 35.4 Å². The zero-order valence-corrected chi connectivity index (χ0v) is 16.4. The highest BCUT2D eigenvalue weighted by molar-refractivity contribution is 8.91.